The summed E-state index contributed by atoms with van der Waals surface area (Å²) in [7, 11) is 0. The van der Waals surface area contributed by atoms with Crippen LogP contribution in [0.3, 0.4) is 0 Å². The van der Waals surface area contributed by atoms with E-state index in [0.29, 0.717) is 25.3 Å². The molecule has 122 valence electrons. The van der Waals surface area contributed by atoms with Gasteiger partial charge in [0.1, 0.15) is 0 Å². The predicted molar refractivity (Wildman–Crippen MR) is 83.2 cm³/mol. The maximum absolute atomic E-state index is 11.8. The van der Waals surface area contributed by atoms with Crippen molar-refractivity contribution in [3.63, 3.8) is 0 Å². The van der Waals surface area contributed by atoms with Crippen molar-refractivity contribution in [2.24, 2.45) is 11.3 Å². The number of carboxylic acid groups (broad SMARTS) is 1. The first kappa shape index (κ1) is 17.8. The van der Waals surface area contributed by atoms with Gasteiger partial charge in [0.2, 0.25) is 0 Å². The zero-order chi connectivity index (χ0) is 15.7. The van der Waals surface area contributed by atoms with E-state index in [9.17, 15) is 9.59 Å². The quantitative estimate of drug-likeness (QED) is 0.572. The van der Waals surface area contributed by atoms with Gasteiger partial charge in [-0.1, -0.05) is 26.7 Å². The summed E-state index contributed by atoms with van der Waals surface area (Å²) in [5.41, 5.74) is 0.287. The maximum atomic E-state index is 11.8. The molecule has 1 aliphatic carbocycles. The van der Waals surface area contributed by atoms with Gasteiger partial charge in [0.15, 0.2) is 0 Å². The number of carbonyl (C=O) groups excluding carboxylic acids is 1. The zero-order valence-corrected chi connectivity index (χ0v) is 13.4. The minimum Gasteiger partial charge on any atom is -0.481 e. The summed E-state index contributed by atoms with van der Waals surface area (Å²) < 4.78 is 0. The summed E-state index contributed by atoms with van der Waals surface area (Å²) in [6.45, 7) is 5.77. The SMILES string of the molecule is CC(C)CC1(CNC(=O)NCCCCC(=O)O)CCCC1. The normalized spacial score (nSPS) is 16.9. The van der Waals surface area contributed by atoms with Crippen molar-refractivity contribution in [3.05, 3.63) is 0 Å². The Balaban J connectivity index is 2.20. The van der Waals surface area contributed by atoms with E-state index in [1.165, 1.54) is 32.1 Å². The largest absolute Gasteiger partial charge is 0.481 e. The van der Waals surface area contributed by atoms with Crippen molar-refractivity contribution in [1.29, 1.82) is 0 Å². The van der Waals surface area contributed by atoms with Gasteiger partial charge in [-0.2, -0.15) is 0 Å². The standard InChI is InChI=1S/C16H30N2O3/c1-13(2)11-16(8-4-5-9-16)12-18-15(21)17-10-6-3-7-14(19)20/h13H,3-12H2,1-2H3,(H,19,20)(H2,17,18,21). The Morgan fingerprint density at radius 3 is 2.38 bits per heavy atom. The van der Waals surface area contributed by atoms with Crippen molar-refractivity contribution in [3.8, 4) is 0 Å². The lowest BCUT2D eigenvalue weighted by Crippen LogP contribution is -2.42. The highest BCUT2D eigenvalue weighted by molar-refractivity contribution is 5.73. The third-order valence-electron chi connectivity index (χ3n) is 4.23. The number of amides is 2. The number of hydrogen-bond donors (Lipinski definition) is 3. The third-order valence-corrected chi connectivity index (χ3v) is 4.23. The van der Waals surface area contributed by atoms with Gasteiger partial charge in [-0.05, 0) is 43.4 Å². The number of urea groups is 1. The van der Waals surface area contributed by atoms with Crippen LogP contribution in [0.5, 0.6) is 0 Å². The first-order valence-corrected chi connectivity index (χ1v) is 8.17. The zero-order valence-electron chi connectivity index (χ0n) is 13.4. The van der Waals surface area contributed by atoms with Gasteiger partial charge in [-0.25, -0.2) is 4.79 Å². The third kappa shape index (κ3) is 7.34. The Bertz CT molecular complexity index is 336. The molecule has 1 rings (SSSR count). The van der Waals surface area contributed by atoms with Crippen molar-refractivity contribution < 1.29 is 14.7 Å². The van der Waals surface area contributed by atoms with Crippen LogP contribution in [0.1, 0.15) is 65.2 Å². The van der Waals surface area contributed by atoms with Crippen LogP contribution in [0.25, 0.3) is 0 Å². The molecule has 0 aliphatic heterocycles. The highest BCUT2D eigenvalue weighted by Crippen LogP contribution is 2.42. The number of unbranched alkanes of at least 4 members (excludes halogenated alkanes) is 1. The highest BCUT2D eigenvalue weighted by atomic mass is 16.4. The van der Waals surface area contributed by atoms with E-state index in [2.05, 4.69) is 24.5 Å². The summed E-state index contributed by atoms with van der Waals surface area (Å²) in [4.78, 5) is 22.2. The van der Waals surface area contributed by atoms with Crippen molar-refractivity contribution in [2.75, 3.05) is 13.1 Å². The number of nitrogens with one attached hydrogen (secondary N) is 2. The smallest absolute Gasteiger partial charge is 0.314 e. The molecule has 0 saturated heterocycles. The first-order chi connectivity index (χ1) is 9.93. The van der Waals surface area contributed by atoms with E-state index in [0.717, 1.165) is 6.54 Å². The molecule has 0 spiro atoms. The molecule has 0 aromatic heterocycles. The number of aliphatic carboxylic acids is 1. The van der Waals surface area contributed by atoms with Gasteiger partial charge in [0.05, 0.1) is 0 Å². The second-order valence-electron chi connectivity index (χ2n) is 6.77. The molecule has 1 saturated carbocycles. The van der Waals surface area contributed by atoms with Gasteiger partial charge < -0.3 is 15.7 Å². The van der Waals surface area contributed by atoms with Gasteiger partial charge in [-0.3, -0.25) is 4.79 Å². The molecule has 21 heavy (non-hydrogen) atoms. The van der Waals surface area contributed by atoms with Crippen LogP contribution in [0.4, 0.5) is 4.79 Å². The van der Waals surface area contributed by atoms with E-state index in [1.54, 1.807) is 0 Å². The van der Waals surface area contributed by atoms with Crippen LogP contribution in [0, 0.1) is 11.3 Å². The van der Waals surface area contributed by atoms with Crippen LogP contribution in [-0.4, -0.2) is 30.2 Å². The minimum atomic E-state index is -0.781. The average Bonchev–Trinajstić information content (AvgIpc) is 2.84. The highest BCUT2D eigenvalue weighted by Gasteiger charge is 2.34. The lowest BCUT2D eigenvalue weighted by Gasteiger charge is -2.31. The fraction of sp³-hybridized carbons (Fsp3) is 0.875. The monoisotopic (exact) mass is 298 g/mol. The van der Waals surface area contributed by atoms with E-state index >= 15 is 0 Å². The molecule has 0 heterocycles. The molecule has 0 bridgehead atoms. The molecule has 5 heteroatoms. The van der Waals surface area contributed by atoms with E-state index in [1.807, 2.05) is 0 Å². The van der Waals surface area contributed by atoms with Crippen molar-refractivity contribution in [1.82, 2.24) is 10.6 Å². The molecule has 5 nitrogen and oxygen atoms in total. The second-order valence-corrected chi connectivity index (χ2v) is 6.77. The fourth-order valence-corrected chi connectivity index (χ4v) is 3.38. The van der Waals surface area contributed by atoms with Gasteiger partial charge in [0, 0.05) is 19.5 Å². The summed E-state index contributed by atoms with van der Waals surface area (Å²) in [5.74, 6) is -0.125. The second kappa shape index (κ2) is 8.90. The average molecular weight is 298 g/mol. The van der Waals surface area contributed by atoms with Crippen LogP contribution in [0.15, 0.2) is 0 Å². The molecule has 1 fully saturated rings. The van der Waals surface area contributed by atoms with E-state index in [4.69, 9.17) is 5.11 Å². The fourth-order valence-electron chi connectivity index (χ4n) is 3.38. The topological polar surface area (TPSA) is 78.4 Å². The van der Waals surface area contributed by atoms with Crippen molar-refractivity contribution in [2.45, 2.75) is 65.2 Å². The Morgan fingerprint density at radius 1 is 1.14 bits per heavy atom. The lowest BCUT2D eigenvalue weighted by atomic mass is 9.78. The van der Waals surface area contributed by atoms with Crippen LogP contribution in [-0.2, 0) is 4.79 Å². The summed E-state index contributed by atoms with van der Waals surface area (Å²) in [5, 5.41) is 14.3. The summed E-state index contributed by atoms with van der Waals surface area (Å²) in [6.07, 6.45) is 7.61. The molecule has 3 N–H and O–H groups in total. The van der Waals surface area contributed by atoms with E-state index in [-0.39, 0.29) is 17.9 Å². The molecule has 0 radical (unpaired) electrons. The van der Waals surface area contributed by atoms with E-state index < -0.39 is 5.97 Å². The number of rotatable bonds is 9. The Labute approximate surface area is 127 Å². The molecule has 0 aromatic carbocycles. The number of carbonyl (C=O) groups is 2. The molecular weight excluding hydrogens is 268 g/mol. The van der Waals surface area contributed by atoms with Crippen molar-refractivity contribution >= 4 is 12.0 Å². The van der Waals surface area contributed by atoms with Crippen LogP contribution >= 0.6 is 0 Å². The Morgan fingerprint density at radius 2 is 1.81 bits per heavy atom. The molecule has 2 amide bonds. The lowest BCUT2D eigenvalue weighted by molar-refractivity contribution is -0.137. The maximum Gasteiger partial charge on any atom is 0.314 e. The minimum absolute atomic E-state index is 0.125. The van der Waals surface area contributed by atoms with Gasteiger partial charge >= 0.3 is 12.0 Å². The van der Waals surface area contributed by atoms with Crippen LogP contribution in [0.2, 0.25) is 0 Å². The first-order valence-electron chi connectivity index (χ1n) is 8.17. The molecule has 0 atom stereocenters. The number of carboxylic acids is 1. The van der Waals surface area contributed by atoms with Gasteiger partial charge in [-0.15, -0.1) is 0 Å². The Kier molecular flexibility index (Phi) is 7.54. The summed E-state index contributed by atoms with van der Waals surface area (Å²) in [6, 6.07) is -0.125. The molecule has 0 aromatic rings. The predicted octanol–water partition coefficient (Wildman–Crippen LogP) is 3.15. The van der Waals surface area contributed by atoms with Gasteiger partial charge in [0.25, 0.3) is 0 Å². The number of hydrogen-bond acceptors (Lipinski definition) is 2. The molecular formula is C16H30N2O3. The molecule has 1 aliphatic rings. The van der Waals surface area contributed by atoms with Crippen LogP contribution < -0.4 is 10.6 Å². The summed E-state index contributed by atoms with van der Waals surface area (Å²) >= 11 is 0. The Hall–Kier alpha value is -1.26. The molecule has 0 unspecified atom stereocenters.